The highest BCUT2D eigenvalue weighted by Crippen LogP contribution is 2.50. The van der Waals surface area contributed by atoms with Gasteiger partial charge in [0.15, 0.2) is 11.5 Å². The first kappa shape index (κ1) is 22.6. The third kappa shape index (κ3) is 3.77. The second-order valence-electron chi connectivity index (χ2n) is 8.63. The maximum Gasteiger partial charge on any atom is 0.242 e. The summed E-state index contributed by atoms with van der Waals surface area (Å²) in [7, 11) is 0. The van der Waals surface area contributed by atoms with Gasteiger partial charge >= 0.3 is 0 Å². The second kappa shape index (κ2) is 8.87. The molecule has 2 saturated heterocycles. The van der Waals surface area contributed by atoms with Crippen LogP contribution in [0, 0.1) is 12.8 Å². The van der Waals surface area contributed by atoms with Crippen molar-refractivity contribution in [1.29, 1.82) is 0 Å². The zero-order valence-corrected chi connectivity index (χ0v) is 19.5. The van der Waals surface area contributed by atoms with Gasteiger partial charge in [-0.05, 0) is 61.4 Å². The summed E-state index contributed by atoms with van der Waals surface area (Å²) in [6.07, 6.45) is 1.58. The van der Waals surface area contributed by atoms with E-state index < -0.39 is 18.1 Å². The van der Waals surface area contributed by atoms with Crippen LogP contribution in [-0.2, 0) is 11.3 Å². The summed E-state index contributed by atoms with van der Waals surface area (Å²) in [5.74, 6) is 0.777. The monoisotopic (exact) mass is 483 g/mol. The summed E-state index contributed by atoms with van der Waals surface area (Å²) in [5, 5.41) is 21.5. The average molecular weight is 484 g/mol. The number of carbonyl (C=O) groups is 1. The number of aryl methyl sites for hydroxylation is 1. The Kier molecular flexibility index (Phi) is 5.89. The van der Waals surface area contributed by atoms with E-state index in [-0.39, 0.29) is 29.9 Å². The highest BCUT2D eigenvalue weighted by atomic mass is 35.5. The Morgan fingerprint density at radius 2 is 1.91 bits per heavy atom. The average Bonchev–Trinajstić information content (AvgIpc) is 3.53. The lowest BCUT2D eigenvalue weighted by molar-refractivity contribution is -0.131. The van der Waals surface area contributed by atoms with Gasteiger partial charge in [0.05, 0.1) is 31.5 Å². The molecular weight excluding hydrogens is 458 g/mol. The number of hydrogen-bond donors (Lipinski definition) is 4. The smallest absolute Gasteiger partial charge is 0.242 e. The molecule has 0 saturated carbocycles. The number of aromatic hydroxyl groups is 2. The third-order valence-corrected chi connectivity index (χ3v) is 7.00. The van der Waals surface area contributed by atoms with Gasteiger partial charge in [-0.25, -0.2) is 10.9 Å². The minimum absolute atomic E-state index is 0.0336. The Morgan fingerprint density at radius 3 is 2.65 bits per heavy atom. The number of rotatable bonds is 6. The molecule has 4 N–H and O–H groups in total. The van der Waals surface area contributed by atoms with Crippen LogP contribution >= 0.6 is 11.6 Å². The van der Waals surface area contributed by atoms with Crippen molar-refractivity contribution in [3.63, 3.8) is 0 Å². The van der Waals surface area contributed by atoms with Gasteiger partial charge in [0, 0.05) is 16.5 Å². The van der Waals surface area contributed by atoms with Crippen molar-refractivity contribution in [2.75, 3.05) is 6.61 Å². The Bertz CT molecular complexity index is 1220. The molecule has 1 amide bonds. The topological polar surface area (TPSA) is 107 Å². The molecule has 5 rings (SSSR count). The summed E-state index contributed by atoms with van der Waals surface area (Å²) in [6, 6.07) is 10.8. The van der Waals surface area contributed by atoms with Crippen LogP contribution < -0.4 is 15.6 Å². The Hall–Kier alpha value is -3.20. The van der Waals surface area contributed by atoms with Gasteiger partial charge < -0.3 is 24.3 Å². The molecule has 0 bridgehead atoms. The lowest BCUT2D eigenvalue weighted by Gasteiger charge is -2.31. The number of carbonyl (C=O) groups excluding carboxylic acids is 1. The van der Waals surface area contributed by atoms with E-state index in [0.717, 1.165) is 11.1 Å². The number of hydrogen-bond acceptors (Lipinski definition) is 7. The fourth-order valence-electron chi connectivity index (χ4n) is 5.03. The summed E-state index contributed by atoms with van der Waals surface area (Å²) in [6.45, 7) is 4.34. The minimum atomic E-state index is -0.534. The number of furan rings is 1. The molecule has 4 atom stereocenters. The predicted molar refractivity (Wildman–Crippen MR) is 125 cm³/mol. The third-order valence-electron chi connectivity index (χ3n) is 6.59. The first-order valence-electron chi connectivity index (χ1n) is 11.2. The van der Waals surface area contributed by atoms with E-state index in [2.05, 4.69) is 10.9 Å². The van der Waals surface area contributed by atoms with E-state index in [9.17, 15) is 15.0 Å². The second-order valence-corrected chi connectivity index (χ2v) is 9.04. The largest absolute Gasteiger partial charge is 0.508 e. The Morgan fingerprint density at radius 1 is 1.12 bits per heavy atom. The summed E-state index contributed by atoms with van der Waals surface area (Å²) >= 11 is 6.39. The van der Waals surface area contributed by atoms with E-state index in [4.69, 9.17) is 20.8 Å². The van der Waals surface area contributed by atoms with E-state index in [1.807, 2.05) is 19.9 Å². The molecule has 1 aromatic heterocycles. The molecule has 3 aromatic rings. The van der Waals surface area contributed by atoms with Crippen molar-refractivity contribution in [2.45, 2.75) is 38.5 Å². The number of benzene rings is 2. The maximum absolute atomic E-state index is 13.6. The number of amides is 1. The molecule has 2 aliphatic heterocycles. The van der Waals surface area contributed by atoms with E-state index >= 15 is 0 Å². The van der Waals surface area contributed by atoms with Gasteiger partial charge in [0.25, 0.3) is 0 Å². The first-order chi connectivity index (χ1) is 16.4. The van der Waals surface area contributed by atoms with Crippen LogP contribution in [0.15, 0.2) is 53.1 Å². The number of halogens is 1. The molecule has 0 aliphatic carbocycles. The normalized spacial score (nSPS) is 24.0. The number of nitrogens with one attached hydrogen (secondary N) is 2. The molecule has 2 fully saturated rings. The van der Waals surface area contributed by atoms with Crippen molar-refractivity contribution >= 4 is 17.5 Å². The highest BCUT2D eigenvalue weighted by Gasteiger charge is 2.56. The molecule has 0 spiro atoms. The van der Waals surface area contributed by atoms with Crippen LogP contribution in [0.25, 0.3) is 0 Å². The standard InChI is InChI=1S/C25H26ClN3O5/c1-3-33-20-10-14(6-7-18(20)30)24-21-22(16-11-17(26)13(2)9-19(16)31)27-28-23(21)25(32)29(24)12-15-5-4-8-34-15/h4-11,21-24,27-28,30-31H,3,12H2,1-2H3. The zero-order chi connectivity index (χ0) is 24.0. The van der Waals surface area contributed by atoms with Crippen molar-refractivity contribution in [3.05, 3.63) is 76.2 Å². The molecule has 2 aliphatic rings. The van der Waals surface area contributed by atoms with Gasteiger partial charge in [0.2, 0.25) is 5.91 Å². The molecule has 0 radical (unpaired) electrons. The van der Waals surface area contributed by atoms with E-state index in [0.29, 0.717) is 28.7 Å². The molecule has 4 unspecified atom stereocenters. The SMILES string of the molecule is CCOc1cc(C2C3C(NNC3c3cc(Cl)c(C)cc3O)C(=O)N2Cc2ccco2)ccc1O. The van der Waals surface area contributed by atoms with Crippen molar-refractivity contribution in [1.82, 2.24) is 15.8 Å². The number of nitrogens with zero attached hydrogens (tertiary/aromatic N) is 1. The van der Waals surface area contributed by atoms with Crippen LogP contribution in [0.1, 0.15) is 41.5 Å². The molecule has 9 heteroatoms. The fourth-order valence-corrected chi connectivity index (χ4v) is 5.20. The molecule has 34 heavy (non-hydrogen) atoms. The summed E-state index contributed by atoms with van der Waals surface area (Å²) in [4.78, 5) is 15.3. The number of fused-ring (bicyclic) bond motifs is 1. The van der Waals surface area contributed by atoms with Gasteiger partial charge in [0.1, 0.15) is 17.6 Å². The van der Waals surface area contributed by atoms with Gasteiger partial charge in [-0.3, -0.25) is 4.79 Å². The van der Waals surface area contributed by atoms with Gasteiger partial charge in [-0.15, -0.1) is 0 Å². The van der Waals surface area contributed by atoms with Gasteiger partial charge in [-0.2, -0.15) is 0 Å². The van der Waals surface area contributed by atoms with Crippen molar-refractivity contribution < 1.29 is 24.2 Å². The van der Waals surface area contributed by atoms with Crippen LogP contribution in [0.3, 0.4) is 0 Å². The van der Waals surface area contributed by atoms with Crippen LogP contribution in [0.2, 0.25) is 5.02 Å². The summed E-state index contributed by atoms with van der Waals surface area (Å²) < 4.78 is 11.2. The lowest BCUT2D eigenvalue weighted by atomic mass is 9.83. The minimum Gasteiger partial charge on any atom is -0.508 e. The first-order valence-corrected chi connectivity index (χ1v) is 11.6. The van der Waals surface area contributed by atoms with Crippen molar-refractivity contribution in [2.24, 2.45) is 5.92 Å². The predicted octanol–water partition coefficient (Wildman–Crippen LogP) is 3.97. The maximum atomic E-state index is 13.6. The molecular formula is C25H26ClN3O5. The quantitative estimate of drug-likeness (QED) is 0.420. The van der Waals surface area contributed by atoms with Crippen LogP contribution in [-0.4, -0.2) is 33.7 Å². The molecule has 178 valence electrons. The number of ether oxygens (including phenoxy) is 1. The number of likely N-dealkylation sites (tertiary alicyclic amines) is 1. The molecule has 2 aromatic carbocycles. The Balaban J connectivity index is 1.61. The molecule has 3 heterocycles. The molecule has 8 nitrogen and oxygen atoms in total. The lowest BCUT2D eigenvalue weighted by Crippen LogP contribution is -2.41. The van der Waals surface area contributed by atoms with Gasteiger partial charge in [-0.1, -0.05) is 17.7 Å². The number of hydrazine groups is 1. The van der Waals surface area contributed by atoms with Crippen molar-refractivity contribution in [3.8, 4) is 17.2 Å². The van der Waals surface area contributed by atoms with Crippen LogP contribution in [0.5, 0.6) is 17.2 Å². The number of phenols is 2. The highest BCUT2D eigenvalue weighted by molar-refractivity contribution is 6.31. The van der Waals surface area contributed by atoms with Crippen LogP contribution in [0.4, 0.5) is 0 Å². The fraction of sp³-hybridized carbons (Fsp3) is 0.320. The van der Waals surface area contributed by atoms with E-state index in [1.165, 1.54) is 0 Å². The number of phenolic OH excluding ortho intramolecular Hbond substituents is 2. The zero-order valence-electron chi connectivity index (χ0n) is 18.8. The van der Waals surface area contributed by atoms with E-state index in [1.54, 1.807) is 47.6 Å². The summed E-state index contributed by atoms with van der Waals surface area (Å²) in [5.41, 5.74) is 8.52. The Labute approximate surface area is 202 Å².